The molecule has 0 aliphatic rings. The van der Waals surface area contributed by atoms with Gasteiger partial charge in [-0.15, -0.1) is 0 Å². The molecule has 1 aromatic heterocycles. The fraction of sp³-hybridized carbons (Fsp3) is 0.194. The zero-order chi connectivity index (χ0) is 33.3. The van der Waals surface area contributed by atoms with Gasteiger partial charge in [0, 0.05) is 30.5 Å². The number of hydrogen-bond acceptors (Lipinski definition) is 7. The van der Waals surface area contributed by atoms with Gasteiger partial charge in [-0.1, -0.05) is 29.6 Å². The van der Waals surface area contributed by atoms with Crippen LogP contribution in [0.1, 0.15) is 39.1 Å². The third-order valence-corrected chi connectivity index (χ3v) is 6.53. The molecule has 0 atom stereocenters. The number of alkyl halides is 3. The third-order valence-electron chi connectivity index (χ3n) is 6.53. The Morgan fingerprint density at radius 2 is 0.891 bits per heavy atom. The number of aromatic nitrogens is 1. The van der Waals surface area contributed by atoms with E-state index < -0.39 is 11.7 Å². The zero-order valence-corrected chi connectivity index (χ0v) is 25.8. The summed E-state index contributed by atoms with van der Waals surface area (Å²) in [6, 6.07) is 14.2. The van der Waals surface area contributed by atoms with Crippen LogP contribution in [0.25, 0.3) is 0 Å². The van der Waals surface area contributed by atoms with Crippen molar-refractivity contribution in [1.29, 1.82) is 0 Å². The molecule has 0 aliphatic heterocycles. The van der Waals surface area contributed by atoms with Crippen LogP contribution in [0.15, 0.2) is 60.8 Å². The highest BCUT2D eigenvalue weighted by Crippen LogP contribution is 2.31. The van der Waals surface area contributed by atoms with E-state index in [4.69, 9.17) is 28.4 Å². The van der Waals surface area contributed by atoms with Crippen LogP contribution in [0.3, 0.4) is 0 Å². The number of hydrogen-bond donors (Lipinski definition) is 0. The quantitative estimate of drug-likeness (QED) is 0.231. The Labute approximate surface area is 265 Å². The first kappa shape index (κ1) is 33.0. The fourth-order valence-electron chi connectivity index (χ4n) is 4.13. The monoisotopic (exact) mass is 627 g/mol. The van der Waals surface area contributed by atoms with Crippen molar-refractivity contribution < 1.29 is 41.6 Å². The van der Waals surface area contributed by atoms with E-state index in [-0.39, 0.29) is 5.69 Å². The lowest BCUT2D eigenvalue weighted by Gasteiger charge is -2.10. The van der Waals surface area contributed by atoms with Gasteiger partial charge in [-0.3, -0.25) is 0 Å². The molecular weight excluding hydrogens is 599 g/mol. The summed E-state index contributed by atoms with van der Waals surface area (Å²) in [4.78, 5) is 3.79. The van der Waals surface area contributed by atoms with Gasteiger partial charge in [-0.25, -0.2) is 4.98 Å². The maximum absolute atomic E-state index is 12.9. The molecule has 3 aromatic carbocycles. The van der Waals surface area contributed by atoms with Crippen LogP contribution >= 0.6 is 0 Å². The van der Waals surface area contributed by atoms with Gasteiger partial charge in [0.25, 0.3) is 0 Å². The van der Waals surface area contributed by atoms with Gasteiger partial charge >= 0.3 is 6.18 Å². The van der Waals surface area contributed by atoms with Crippen molar-refractivity contribution in [2.75, 3.05) is 42.7 Å². The van der Waals surface area contributed by atoms with Crippen LogP contribution in [-0.4, -0.2) is 47.6 Å². The average molecular weight is 628 g/mol. The van der Waals surface area contributed by atoms with Crippen LogP contribution < -0.4 is 28.4 Å². The molecule has 0 spiro atoms. The SMILES string of the molecule is COc1ccc(OC)c(C#Cc2cc(OC)c(C#Cc3cc(OC)c(C#Cc4ccc(C(F)(F)F)cn4)cc3OC)cc2OC)c1. The summed E-state index contributed by atoms with van der Waals surface area (Å²) in [6.45, 7) is 0. The summed E-state index contributed by atoms with van der Waals surface area (Å²) in [5.74, 6) is 21.0. The lowest BCUT2D eigenvalue weighted by Crippen LogP contribution is -2.05. The molecule has 10 heteroatoms. The third kappa shape index (κ3) is 7.77. The molecule has 7 nitrogen and oxygen atoms in total. The van der Waals surface area contributed by atoms with E-state index in [1.54, 1.807) is 56.7 Å². The van der Waals surface area contributed by atoms with E-state index in [1.165, 1.54) is 34.5 Å². The van der Waals surface area contributed by atoms with Crippen LogP contribution in [0.4, 0.5) is 13.2 Å². The maximum atomic E-state index is 12.9. The van der Waals surface area contributed by atoms with Crippen molar-refractivity contribution in [3.63, 3.8) is 0 Å². The van der Waals surface area contributed by atoms with Gasteiger partial charge in [-0.05, 0) is 36.3 Å². The number of rotatable bonds is 6. The van der Waals surface area contributed by atoms with Crippen LogP contribution in [0.5, 0.6) is 34.5 Å². The standard InChI is InChI=1S/C36H28F3NO6/c1-41-30-15-16-31(42-2)23(17-30)7-8-24-18-33(44-4)25(19-32(24)43-3)9-10-26-20-35(46-6)27(21-34(26)45-5)11-13-29-14-12-28(22-40-29)36(37,38)39/h12,14-22H,1-6H3. The summed E-state index contributed by atoms with van der Waals surface area (Å²) in [7, 11) is 9.15. The Kier molecular flexibility index (Phi) is 10.5. The van der Waals surface area contributed by atoms with Gasteiger partial charge in [0.05, 0.1) is 76.0 Å². The minimum atomic E-state index is -4.48. The first-order chi connectivity index (χ1) is 22.1. The van der Waals surface area contributed by atoms with E-state index in [2.05, 4.69) is 40.5 Å². The molecule has 0 saturated carbocycles. The first-order valence-electron chi connectivity index (χ1n) is 13.5. The lowest BCUT2D eigenvalue weighted by molar-refractivity contribution is -0.137. The molecule has 4 rings (SSSR count). The van der Waals surface area contributed by atoms with E-state index in [9.17, 15) is 13.2 Å². The lowest BCUT2D eigenvalue weighted by atomic mass is 10.1. The minimum absolute atomic E-state index is 0.162. The summed E-state index contributed by atoms with van der Waals surface area (Å²) >= 11 is 0. The van der Waals surface area contributed by atoms with Gasteiger partial charge in [0.1, 0.15) is 40.2 Å². The minimum Gasteiger partial charge on any atom is -0.497 e. The van der Waals surface area contributed by atoms with Gasteiger partial charge < -0.3 is 28.4 Å². The van der Waals surface area contributed by atoms with Crippen LogP contribution in [0.2, 0.25) is 0 Å². The van der Waals surface area contributed by atoms with Gasteiger partial charge in [0.2, 0.25) is 0 Å². The van der Waals surface area contributed by atoms with Gasteiger partial charge in [0.15, 0.2) is 0 Å². The highest BCUT2D eigenvalue weighted by Gasteiger charge is 2.30. The Balaban J connectivity index is 1.69. The molecule has 0 aliphatic carbocycles. The summed E-state index contributed by atoms with van der Waals surface area (Å²) in [6.07, 6.45) is -3.75. The van der Waals surface area contributed by atoms with Crippen molar-refractivity contribution in [2.24, 2.45) is 0 Å². The average Bonchev–Trinajstić information content (AvgIpc) is 3.08. The van der Waals surface area contributed by atoms with Crippen molar-refractivity contribution >= 4 is 0 Å². The fourth-order valence-corrected chi connectivity index (χ4v) is 4.13. The molecule has 0 saturated heterocycles. The molecular formula is C36H28F3NO6. The number of pyridine rings is 1. The largest absolute Gasteiger partial charge is 0.497 e. The van der Waals surface area contributed by atoms with E-state index in [1.807, 2.05) is 0 Å². The Hall–Kier alpha value is -5.92. The number of ether oxygens (including phenoxy) is 6. The molecule has 4 aromatic rings. The van der Waals surface area contributed by atoms with Crippen LogP contribution in [0, 0.1) is 35.5 Å². The predicted octanol–water partition coefficient (Wildman–Crippen LogP) is 6.35. The van der Waals surface area contributed by atoms with Crippen molar-refractivity contribution in [2.45, 2.75) is 6.18 Å². The number of nitrogens with zero attached hydrogens (tertiary/aromatic N) is 1. The Bertz CT molecular complexity index is 1920. The molecule has 1 heterocycles. The van der Waals surface area contributed by atoms with E-state index in [0.29, 0.717) is 62.3 Å². The van der Waals surface area contributed by atoms with Gasteiger partial charge in [-0.2, -0.15) is 13.2 Å². The molecule has 0 radical (unpaired) electrons. The Morgan fingerprint density at radius 1 is 0.478 bits per heavy atom. The number of methoxy groups -OCH3 is 6. The Morgan fingerprint density at radius 3 is 1.24 bits per heavy atom. The number of halogens is 3. The normalized spacial score (nSPS) is 10.2. The summed E-state index contributed by atoms with van der Waals surface area (Å²) in [5.41, 5.74) is 1.97. The second-order valence-electron chi connectivity index (χ2n) is 9.25. The first-order valence-corrected chi connectivity index (χ1v) is 13.5. The zero-order valence-electron chi connectivity index (χ0n) is 25.8. The van der Waals surface area contributed by atoms with E-state index >= 15 is 0 Å². The van der Waals surface area contributed by atoms with Crippen molar-refractivity contribution in [3.05, 3.63) is 99.9 Å². The van der Waals surface area contributed by atoms with Crippen LogP contribution in [-0.2, 0) is 6.18 Å². The molecule has 0 amide bonds. The predicted molar refractivity (Wildman–Crippen MR) is 166 cm³/mol. The second kappa shape index (κ2) is 14.7. The smallest absolute Gasteiger partial charge is 0.417 e. The molecule has 0 bridgehead atoms. The molecule has 0 fully saturated rings. The summed E-state index contributed by atoms with van der Waals surface area (Å²) in [5, 5.41) is 0. The molecule has 46 heavy (non-hydrogen) atoms. The molecule has 234 valence electrons. The van der Waals surface area contributed by atoms with Crippen molar-refractivity contribution in [3.8, 4) is 70.0 Å². The summed E-state index contributed by atoms with van der Waals surface area (Å²) < 4.78 is 71.6. The molecule has 0 unspecified atom stereocenters. The van der Waals surface area contributed by atoms with E-state index in [0.717, 1.165) is 12.3 Å². The maximum Gasteiger partial charge on any atom is 0.417 e. The highest BCUT2D eigenvalue weighted by atomic mass is 19.4. The number of benzene rings is 3. The highest BCUT2D eigenvalue weighted by molar-refractivity contribution is 5.64. The molecule has 0 N–H and O–H groups in total. The van der Waals surface area contributed by atoms with Crippen molar-refractivity contribution in [1.82, 2.24) is 4.98 Å². The topological polar surface area (TPSA) is 68.3 Å². The second-order valence-corrected chi connectivity index (χ2v) is 9.25.